The van der Waals surface area contributed by atoms with E-state index >= 15 is 0 Å². The summed E-state index contributed by atoms with van der Waals surface area (Å²) in [4.78, 5) is 13.7. The van der Waals surface area contributed by atoms with Crippen LogP contribution >= 0.6 is 0 Å². The molecule has 1 amide bonds. The zero-order valence-electron chi connectivity index (χ0n) is 12.9. The summed E-state index contributed by atoms with van der Waals surface area (Å²) in [5.74, 6) is 1.10. The number of rotatable bonds is 7. The molecule has 0 saturated heterocycles. The molecule has 0 spiro atoms. The number of benzene rings is 1. The van der Waals surface area contributed by atoms with Crippen LogP contribution in [0.2, 0.25) is 0 Å². The zero-order valence-corrected chi connectivity index (χ0v) is 12.9. The van der Waals surface area contributed by atoms with Crippen molar-refractivity contribution >= 4 is 5.91 Å². The second kappa shape index (κ2) is 8.01. The molecule has 2 rings (SSSR count). The largest absolute Gasteiger partial charge is 0.486 e. The fourth-order valence-electron chi connectivity index (χ4n) is 2.03. The molecule has 1 aromatic heterocycles. The minimum atomic E-state index is -0.258. The molecule has 1 aromatic carbocycles. The van der Waals surface area contributed by atoms with Gasteiger partial charge in [-0.1, -0.05) is 0 Å². The SMILES string of the molecule is CCN(CCO)C(=O)c1ccc(COc2ccc(C#N)cc2)o1. The van der Waals surface area contributed by atoms with Crippen molar-refractivity contribution in [3.8, 4) is 11.8 Å². The maximum Gasteiger partial charge on any atom is 0.289 e. The molecule has 0 atom stereocenters. The van der Waals surface area contributed by atoms with Crippen LogP contribution in [0.1, 0.15) is 28.8 Å². The van der Waals surface area contributed by atoms with Crippen molar-refractivity contribution < 1.29 is 19.1 Å². The maximum atomic E-state index is 12.2. The highest BCUT2D eigenvalue weighted by molar-refractivity contribution is 5.91. The van der Waals surface area contributed by atoms with Gasteiger partial charge in [-0.05, 0) is 43.3 Å². The number of carbonyl (C=O) groups is 1. The summed E-state index contributed by atoms with van der Waals surface area (Å²) in [7, 11) is 0. The monoisotopic (exact) mass is 314 g/mol. The highest BCUT2D eigenvalue weighted by Gasteiger charge is 2.17. The maximum absolute atomic E-state index is 12.2. The topological polar surface area (TPSA) is 86.7 Å². The first-order valence-corrected chi connectivity index (χ1v) is 7.29. The van der Waals surface area contributed by atoms with Crippen LogP contribution < -0.4 is 4.74 Å². The number of carbonyl (C=O) groups excluding carboxylic acids is 1. The lowest BCUT2D eigenvalue weighted by Crippen LogP contribution is -2.33. The van der Waals surface area contributed by atoms with E-state index < -0.39 is 0 Å². The van der Waals surface area contributed by atoms with Crippen molar-refractivity contribution in [2.45, 2.75) is 13.5 Å². The Hall–Kier alpha value is -2.78. The highest BCUT2D eigenvalue weighted by Crippen LogP contribution is 2.16. The fraction of sp³-hybridized carbons (Fsp3) is 0.294. The predicted octanol–water partition coefficient (Wildman–Crippen LogP) is 2.18. The Morgan fingerprint density at radius 1 is 1.30 bits per heavy atom. The smallest absolute Gasteiger partial charge is 0.289 e. The van der Waals surface area contributed by atoms with E-state index in [1.807, 2.05) is 13.0 Å². The van der Waals surface area contributed by atoms with Gasteiger partial charge in [-0.25, -0.2) is 0 Å². The molecule has 0 radical (unpaired) electrons. The average Bonchev–Trinajstić information content (AvgIpc) is 3.06. The van der Waals surface area contributed by atoms with Crippen molar-refractivity contribution in [3.63, 3.8) is 0 Å². The molecule has 120 valence electrons. The molecular formula is C17H18N2O4. The number of hydrogen-bond donors (Lipinski definition) is 1. The molecule has 0 saturated carbocycles. The minimum absolute atomic E-state index is 0.0883. The van der Waals surface area contributed by atoms with Gasteiger partial charge < -0.3 is 19.2 Å². The van der Waals surface area contributed by atoms with Gasteiger partial charge in [-0.15, -0.1) is 0 Å². The van der Waals surface area contributed by atoms with Gasteiger partial charge in [0.1, 0.15) is 18.1 Å². The summed E-state index contributed by atoms with van der Waals surface area (Å²) >= 11 is 0. The standard InChI is InChI=1S/C17H18N2O4/c1-2-19(9-10-20)17(21)16-8-7-15(23-16)12-22-14-5-3-13(11-18)4-6-14/h3-8,20H,2,9-10,12H2,1H3. The molecule has 23 heavy (non-hydrogen) atoms. The van der Waals surface area contributed by atoms with Gasteiger partial charge in [0.15, 0.2) is 5.76 Å². The third-order valence-electron chi connectivity index (χ3n) is 3.28. The Morgan fingerprint density at radius 3 is 2.65 bits per heavy atom. The number of aliphatic hydroxyl groups is 1. The van der Waals surface area contributed by atoms with Crippen LogP contribution in [0.3, 0.4) is 0 Å². The molecule has 0 unspecified atom stereocenters. The van der Waals surface area contributed by atoms with Gasteiger partial charge in [0, 0.05) is 13.1 Å². The molecule has 0 fully saturated rings. The molecule has 0 aliphatic rings. The quantitative estimate of drug-likeness (QED) is 0.846. The summed E-state index contributed by atoms with van der Waals surface area (Å²) in [5, 5.41) is 17.7. The van der Waals surface area contributed by atoms with E-state index in [1.165, 1.54) is 4.90 Å². The van der Waals surface area contributed by atoms with Gasteiger partial charge >= 0.3 is 0 Å². The first-order valence-electron chi connectivity index (χ1n) is 7.29. The first kappa shape index (κ1) is 16.6. The van der Waals surface area contributed by atoms with Crippen molar-refractivity contribution in [2.24, 2.45) is 0 Å². The number of furan rings is 1. The Morgan fingerprint density at radius 2 is 2.04 bits per heavy atom. The Labute approximate surface area is 134 Å². The number of likely N-dealkylation sites (N-methyl/N-ethyl adjacent to an activating group) is 1. The van der Waals surface area contributed by atoms with E-state index in [1.54, 1.807) is 36.4 Å². The normalized spacial score (nSPS) is 10.1. The number of nitrogens with zero attached hydrogens (tertiary/aromatic N) is 2. The molecule has 0 aliphatic heterocycles. The summed E-state index contributed by atoms with van der Waals surface area (Å²) in [6.45, 7) is 2.70. The molecule has 0 bridgehead atoms. The molecule has 6 heteroatoms. The number of nitriles is 1. The number of hydrogen-bond acceptors (Lipinski definition) is 5. The Kier molecular flexibility index (Phi) is 5.78. The zero-order chi connectivity index (χ0) is 16.7. The summed E-state index contributed by atoms with van der Waals surface area (Å²) in [5.41, 5.74) is 0.562. The van der Waals surface area contributed by atoms with Gasteiger partial charge in [-0.3, -0.25) is 4.79 Å². The van der Waals surface area contributed by atoms with E-state index in [4.69, 9.17) is 19.5 Å². The van der Waals surface area contributed by atoms with Crippen molar-refractivity contribution in [2.75, 3.05) is 19.7 Å². The van der Waals surface area contributed by atoms with Crippen LogP contribution in [0, 0.1) is 11.3 Å². The second-order valence-electron chi connectivity index (χ2n) is 4.80. The minimum Gasteiger partial charge on any atom is -0.486 e. The molecule has 1 N–H and O–H groups in total. The number of amides is 1. The van der Waals surface area contributed by atoms with E-state index in [0.29, 0.717) is 23.6 Å². The van der Waals surface area contributed by atoms with Crippen LogP contribution in [0.5, 0.6) is 5.75 Å². The summed E-state index contributed by atoms with van der Waals surface area (Å²) in [6, 6.07) is 12.1. The lowest BCUT2D eigenvalue weighted by molar-refractivity contribution is 0.0696. The lowest BCUT2D eigenvalue weighted by Gasteiger charge is -2.17. The molecular weight excluding hydrogens is 296 g/mol. The fourth-order valence-corrected chi connectivity index (χ4v) is 2.03. The van der Waals surface area contributed by atoms with Crippen molar-refractivity contribution in [3.05, 3.63) is 53.5 Å². The third-order valence-corrected chi connectivity index (χ3v) is 3.28. The van der Waals surface area contributed by atoms with Gasteiger partial charge in [0.05, 0.1) is 18.2 Å². The molecule has 0 aliphatic carbocycles. The van der Waals surface area contributed by atoms with Crippen LogP contribution in [-0.4, -0.2) is 35.6 Å². The van der Waals surface area contributed by atoms with E-state index in [-0.39, 0.29) is 31.4 Å². The third kappa shape index (κ3) is 4.34. The summed E-state index contributed by atoms with van der Waals surface area (Å²) < 4.78 is 11.0. The van der Waals surface area contributed by atoms with Gasteiger partial charge in [0.25, 0.3) is 5.91 Å². The highest BCUT2D eigenvalue weighted by atomic mass is 16.5. The summed E-state index contributed by atoms with van der Waals surface area (Å²) in [6.07, 6.45) is 0. The predicted molar refractivity (Wildman–Crippen MR) is 82.9 cm³/mol. The Balaban J connectivity index is 1.96. The van der Waals surface area contributed by atoms with E-state index in [0.717, 1.165) is 0 Å². The van der Waals surface area contributed by atoms with Gasteiger partial charge in [-0.2, -0.15) is 5.26 Å². The van der Waals surface area contributed by atoms with Crippen LogP contribution in [0.4, 0.5) is 0 Å². The van der Waals surface area contributed by atoms with Crippen molar-refractivity contribution in [1.29, 1.82) is 5.26 Å². The van der Waals surface area contributed by atoms with Gasteiger partial charge in [0.2, 0.25) is 0 Å². The number of aliphatic hydroxyl groups excluding tert-OH is 1. The second-order valence-corrected chi connectivity index (χ2v) is 4.80. The van der Waals surface area contributed by atoms with E-state index in [2.05, 4.69) is 0 Å². The lowest BCUT2D eigenvalue weighted by atomic mass is 10.2. The molecule has 1 heterocycles. The van der Waals surface area contributed by atoms with E-state index in [9.17, 15) is 4.79 Å². The number of ether oxygens (including phenoxy) is 1. The Bertz CT molecular complexity index is 685. The molecule has 2 aromatic rings. The van der Waals surface area contributed by atoms with Crippen LogP contribution in [0.15, 0.2) is 40.8 Å². The first-order chi connectivity index (χ1) is 11.2. The average molecular weight is 314 g/mol. The molecule has 6 nitrogen and oxygen atoms in total. The van der Waals surface area contributed by atoms with Crippen LogP contribution in [0.25, 0.3) is 0 Å². The van der Waals surface area contributed by atoms with Crippen molar-refractivity contribution in [1.82, 2.24) is 4.90 Å². The van der Waals surface area contributed by atoms with Crippen LogP contribution in [-0.2, 0) is 6.61 Å².